The molecule has 2 N–H and O–H groups in total. The SMILES string of the molecule is CC1CNCC(C(=O)Nc2c(F)cc(F)cc2F)C1. The minimum atomic E-state index is -1.11. The molecule has 1 heterocycles. The highest BCUT2D eigenvalue weighted by Crippen LogP contribution is 2.23. The highest BCUT2D eigenvalue weighted by atomic mass is 19.1. The molecule has 1 amide bonds. The summed E-state index contributed by atoms with van der Waals surface area (Å²) in [5, 5.41) is 5.28. The van der Waals surface area contributed by atoms with Crippen molar-refractivity contribution in [3.05, 3.63) is 29.6 Å². The van der Waals surface area contributed by atoms with E-state index in [-0.39, 0.29) is 5.92 Å². The fraction of sp³-hybridized carbons (Fsp3) is 0.462. The lowest BCUT2D eigenvalue weighted by Gasteiger charge is -2.26. The molecule has 2 atom stereocenters. The fourth-order valence-electron chi connectivity index (χ4n) is 2.24. The van der Waals surface area contributed by atoms with Gasteiger partial charge in [-0.1, -0.05) is 6.92 Å². The van der Waals surface area contributed by atoms with Gasteiger partial charge in [-0.3, -0.25) is 4.79 Å². The maximum absolute atomic E-state index is 13.4. The molecule has 0 bridgehead atoms. The fourth-order valence-corrected chi connectivity index (χ4v) is 2.24. The molecule has 3 nitrogen and oxygen atoms in total. The molecule has 1 aromatic carbocycles. The Morgan fingerprint density at radius 1 is 1.26 bits per heavy atom. The Morgan fingerprint density at radius 2 is 1.89 bits per heavy atom. The van der Waals surface area contributed by atoms with Crippen LogP contribution in [0.2, 0.25) is 0 Å². The van der Waals surface area contributed by atoms with Crippen molar-refractivity contribution in [1.82, 2.24) is 5.32 Å². The van der Waals surface area contributed by atoms with Gasteiger partial charge in [-0.25, -0.2) is 13.2 Å². The van der Waals surface area contributed by atoms with Crippen molar-refractivity contribution in [2.75, 3.05) is 18.4 Å². The van der Waals surface area contributed by atoms with Crippen molar-refractivity contribution in [2.24, 2.45) is 11.8 Å². The van der Waals surface area contributed by atoms with Crippen LogP contribution in [0.25, 0.3) is 0 Å². The lowest BCUT2D eigenvalue weighted by molar-refractivity contribution is -0.120. The number of piperidine rings is 1. The van der Waals surface area contributed by atoms with Crippen LogP contribution in [0.3, 0.4) is 0 Å². The molecule has 0 radical (unpaired) electrons. The molecule has 1 fully saturated rings. The Labute approximate surface area is 109 Å². The van der Waals surface area contributed by atoms with Gasteiger partial charge in [-0.15, -0.1) is 0 Å². The van der Waals surface area contributed by atoms with E-state index in [1.165, 1.54) is 0 Å². The number of benzene rings is 1. The normalized spacial score (nSPS) is 23.2. The zero-order valence-electron chi connectivity index (χ0n) is 10.5. The van der Waals surface area contributed by atoms with Gasteiger partial charge in [-0.05, 0) is 18.9 Å². The van der Waals surface area contributed by atoms with E-state index in [0.29, 0.717) is 31.0 Å². The number of carbonyl (C=O) groups is 1. The molecule has 1 saturated heterocycles. The smallest absolute Gasteiger partial charge is 0.228 e. The van der Waals surface area contributed by atoms with Crippen LogP contribution in [0.1, 0.15) is 13.3 Å². The minimum absolute atomic E-state index is 0.326. The largest absolute Gasteiger partial charge is 0.321 e. The average Bonchev–Trinajstić information content (AvgIpc) is 2.33. The van der Waals surface area contributed by atoms with E-state index in [4.69, 9.17) is 0 Å². The van der Waals surface area contributed by atoms with Gasteiger partial charge in [-0.2, -0.15) is 0 Å². The van der Waals surface area contributed by atoms with Crippen molar-refractivity contribution in [3.63, 3.8) is 0 Å². The highest BCUT2D eigenvalue weighted by molar-refractivity contribution is 5.93. The molecule has 0 spiro atoms. The standard InChI is InChI=1S/C13H15F3N2O/c1-7-2-8(6-17-5-7)13(19)18-12-10(15)3-9(14)4-11(12)16/h3-4,7-8,17H,2,5-6H2,1H3,(H,18,19). The molecule has 0 aromatic heterocycles. The molecule has 0 saturated carbocycles. The molecule has 19 heavy (non-hydrogen) atoms. The van der Waals surface area contributed by atoms with Gasteiger partial charge in [0.15, 0.2) is 11.6 Å². The summed E-state index contributed by atoms with van der Waals surface area (Å²) in [6.07, 6.45) is 0.656. The van der Waals surface area contributed by atoms with Crippen LogP contribution < -0.4 is 10.6 Å². The number of amides is 1. The quantitative estimate of drug-likeness (QED) is 0.867. The van der Waals surface area contributed by atoms with Crippen LogP contribution in [-0.4, -0.2) is 19.0 Å². The first-order valence-corrected chi connectivity index (χ1v) is 6.13. The molecule has 1 aliphatic heterocycles. The van der Waals surface area contributed by atoms with Gasteiger partial charge in [0, 0.05) is 18.7 Å². The van der Waals surface area contributed by atoms with E-state index in [0.717, 1.165) is 6.54 Å². The van der Waals surface area contributed by atoms with Gasteiger partial charge in [0.2, 0.25) is 5.91 Å². The third-order valence-corrected chi connectivity index (χ3v) is 3.20. The first-order valence-electron chi connectivity index (χ1n) is 6.13. The van der Waals surface area contributed by atoms with Crippen molar-refractivity contribution in [1.29, 1.82) is 0 Å². The molecule has 6 heteroatoms. The van der Waals surface area contributed by atoms with Gasteiger partial charge < -0.3 is 10.6 Å². The number of carbonyl (C=O) groups excluding carboxylic acids is 1. The summed E-state index contributed by atoms with van der Waals surface area (Å²) >= 11 is 0. The Balaban J connectivity index is 2.10. The first-order chi connectivity index (χ1) is 8.97. The summed E-state index contributed by atoms with van der Waals surface area (Å²) in [5.74, 6) is -3.70. The van der Waals surface area contributed by atoms with Crippen LogP contribution in [-0.2, 0) is 4.79 Å². The van der Waals surface area contributed by atoms with E-state index in [1.807, 2.05) is 6.92 Å². The van der Waals surface area contributed by atoms with Gasteiger partial charge >= 0.3 is 0 Å². The van der Waals surface area contributed by atoms with Crippen molar-refractivity contribution in [2.45, 2.75) is 13.3 Å². The maximum Gasteiger partial charge on any atom is 0.228 e. The van der Waals surface area contributed by atoms with E-state index >= 15 is 0 Å². The number of anilines is 1. The molecule has 0 aliphatic carbocycles. The summed E-state index contributed by atoms with van der Waals surface area (Å²) in [5.41, 5.74) is -0.593. The number of nitrogens with one attached hydrogen (secondary N) is 2. The minimum Gasteiger partial charge on any atom is -0.321 e. The zero-order chi connectivity index (χ0) is 14.0. The predicted octanol–water partition coefficient (Wildman–Crippen LogP) is 2.29. The molecular formula is C13H15F3N2O. The number of hydrogen-bond donors (Lipinski definition) is 2. The van der Waals surface area contributed by atoms with Crippen LogP contribution in [0.4, 0.5) is 18.9 Å². The topological polar surface area (TPSA) is 41.1 Å². The molecule has 2 rings (SSSR count). The third-order valence-electron chi connectivity index (χ3n) is 3.20. The second-order valence-electron chi connectivity index (χ2n) is 4.93. The number of halogens is 3. The molecule has 104 valence electrons. The Kier molecular flexibility index (Phi) is 4.09. The summed E-state index contributed by atoms with van der Waals surface area (Å²) in [7, 11) is 0. The first kappa shape index (κ1) is 13.9. The summed E-state index contributed by atoms with van der Waals surface area (Å²) < 4.78 is 39.6. The summed E-state index contributed by atoms with van der Waals surface area (Å²) in [6, 6.07) is 1.08. The van der Waals surface area contributed by atoms with E-state index in [9.17, 15) is 18.0 Å². The van der Waals surface area contributed by atoms with Crippen LogP contribution in [0.5, 0.6) is 0 Å². The third kappa shape index (κ3) is 3.26. The Bertz CT molecular complexity index is 470. The maximum atomic E-state index is 13.4. The van der Waals surface area contributed by atoms with Gasteiger partial charge in [0.1, 0.15) is 11.5 Å². The van der Waals surface area contributed by atoms with Crippen molar-refractivity contribution in [3.8, 4) is 0 Å². The zero-order valence-corrected chi connectivity index (χ0v) is 10.5. The predicted molar refractivity (Wildman–Crippen MR) is 65.1 cm³/mol. The number of hydrogen-bond acceptors (Lipinski definition) is 2. The lowest BCUT2D eigenvalue weighted by Crippen LogP contribution is -2.41. The van der Waals surface area contributed by atoms with Crippen LogP contribution in [0, 0.1) is 29.3 Å². The van der Waals surface area contributed by atoms with Gasteiger partial charge in [0.05, 0.1) is 5.92 Å². The van der Waals surface area contributed by atoms with Crippen molar-refractivity contribution < 1.29 is 18.0 Å². The second-order valence-corrected chi connectivity index (χ2v) is 4.93. The number of rotatable bonds is 2. The van der Waals surface area contributed by atoms with E-state index in [2.05, 4.69) is 10.6 Å². The Hall–Kier alpha value is -1.56. The summed E-state index contributed by atoms with van der Waals surface area (Å²) in [6.45, 7) is 3.29. The highest BCUT2D eigenvalue weighted by Gasteiger charge is 2.26. The average molecular weight is 272 g/mol. The second kappa shape index (κ2) is 5.61. The van der Waals surface area contributed by atoms with E-state index < -0.39 is 29.0 Å². The molecule has 1 aromatic rings. The lowest BCUT2D eigenvalue weighted by atomic mass is 9.91. The van der Waals surface area contributed by atoms with Crippen molar-refractivity contribution >= 4 is 11.6 Å². The van der Waals surface area contributed by atoms with Gasteiger partial charge in [0.25, 0.3) is 0 Å². The van der Waals surface area contributed by atoms with Crippen LogP contribution in [0.15, 0.2) is 12.1 Å². The molecule has 1 aliphatic rings. The van der Waals surface area contributed by atoms with Crippen LogP contribution >= 0.6 is 0 Å². The molecule has 2 unspecified atom stereocenters. The van der Waals surface area contributed by atoms with E-state index in [1.54, 1.807) is 0 Å². The summed E-state index contributed by atoms with van der Waals surface area (Å²) in [4.78, 5) is 11.9. The Morgan fingerprint density at radius 3 is 2.47 bits per heavy atom. The monoisotopic (exact) mass is 272 g/mol. The molecular weight excluding hydrogens is 257 g/mol.